The highest BCUT2D eigenvalue weighted by Gasteiger charge is 2.18. The normalized spacial score (nSPS) is 25.2. The smallest absolute Gasteiger partial charge is 0.0600 e. The third-order valence-electron chi connectivity index (χ3n) is 3.92. The van der Waals surface area contributed by atoms with Gasteiger partial charge < -0.3 is 15.0 Å². The average molecular weight is 258 g/mol. The van der Waals surface area contributed by atoms with E-state index in [0.29, 0.717) is 6.10 Å². The van der Waals surface area contributed by atoms with Crippen molar-refractivity contribution in [3.8, 4) is 0 Å². The van der Waals surface area contributed by atoms with Crippen LogP contribution in [0.1, 0.15) is 25.7 Å². The van der Waals surface area contributed by atoms with E-state index in [1.54, 1.807) is 0 Å². The Morgan fingerprint density at radius 2 is 1.88 bits per heavy atom. The highest BCUT2D eigenvalue weighted by molar-refractivity contribution is 7.99. The first-order chi connectivity index (χ1) is 8.38. The van der Waals surface area contributed by atoms with E-state index in [1.807, 2.05) is 11.8 Å². The molecule has 2 aliphatic rings. The molecular weight excluding hydrogens is 232 g/mol. The Kier molecular flexibility index (Phi) is 6.12. The summed E-state index contributed by atoms with van der Waals surface area (Å²) < 4.78 is 5.95. The summed E-state index contributed by atoms with van der Waals surface area (Å²) in [6.07, 6.45) is 7.84. The highest BCUT2D eigenvalue weighted by atomic mass is 32.2. The van der Waals surface area contributed by atoms with Crippen LogP contribution in [0.3, 0.4) is 0 Å². The summed E-state index contributed by atoms with van der Waals surface area (Å²) in [4.78, 5) is 2.56. The molecule has 0 aromatic rings. The fourth-order valence-electron chi connectivity index (χ4n) is 2.68. The second kappa shape index (κ2) is 7.62. The molecule has 0 unspecified atom stereocenters. The molecule has 0 bridgehead atoms. The van der Waals surface area contributed by atoms with E-state index >= 15 is 0 Å². The summed E-state index contributed by atoms with van der Waals surface area (Å²) >= 11 is 2.03. The molecule has 0 amide bonds. The summed E-state index contributed by atoms with van der Waals surface area (Å²) in [5, 5.41) is 4.27. The Morgan fingerprint density at radius 3 is 2.53 bits per heavy atom. The van der Waals surface area contributed by atoms with Crippen LogP contribution in [0.25, 0.3) is 0 Å². The van der Waals surface area contributed by atoms with Crippen LogP contribution in [-0.4, -0.2) is 61.8 Å². The second-order valence-electron chi connectivity index (χ2n) is 5.10. The molecule has 0 radical (unpaired) electrons. The van der Waals surface area contributed by atoms with Crippen molar-refractivity contribution in [2.24, 2.45) is 0 Å². The number of piperidine rings is 2. The van der Waals surface area contributed by atoms with Crippen LogP contribution in [0.15, 0.2) is 0 Å². The second-order valence-corrected chi connectivity index (χ2v) is 6.23. The molecule has 0 atom stereocenters. The molecule has 2 aliphatic heterocycles. The lowest BCUT2D eigenvalue weighted by molar-refractivity contribution is 0.0181. The monoisotopic (exact) mass is 258 g/mol. The molecule has 2 heterocycles. The van der Waals surface area contributed by atoms with Gasteiger partial charge in [-0.05, 0) is 58.1 Å². The van der Waals surface area contributed by atoms with Gasteiger partial charge in [-0.1, -0.05) is 0 Å². The van der Waals surface area contributed by atoms with Gasteiger partial charge in [0.1, 0.15) is 0 Å². The van der Waals surface area contributed by atoms with Crippen molar-refractivity contribution < 1.29 is 4.74 Å². The Balaban J connectivity index is 1.53. The number of hydrogen-bond donors (Lipinski definition) is 1. The Bertz CT molecular complexity index is 202. The molecule has 0 saturated carbocycles. The predicted molar refractivity (Wildman–Crippen MR) is 74.8 cm³/mol. The zero-order valence-corrected chi connectivity index (χ0v) is 11.8. The summed E-state index contributed by atoms with van der Waals surface area (Å²) in [6, 6.07) is 0. The van der Waals surface area contributed by atoms with Gasteiger partial charge in [0, 0.05) is 11.8 Å². The lowest BCUT2D eigenvalue weighted by atomic mass is 10.1. The number of thioether (sulfide) groups is 1. The first kappa shape index (κ1) is 13.7. The van der Waals surface area contributed by atoms with Gasteiger partial charge in [0.05, 0.1) is 12.7 Å². The van der Waals surface area contributed by atoms with Gasteiger partial charge in [0.25, 0.3) is 0 Å². The molecule has 1 N–H and O–H groups in total. The Hall–Kier alpha value is 0.230. The Morgan fingerprint density at radius 1 is 1.18 bits per heavy atom. The van der Waals surface area contributed by atoms with Crippen molar-refractivity contribution in [3.05, 3.63) is 0 Å². The van der Waals surface area contributed by atoms with E-state index in [0.717, 1.165) is 31.5 Å². The lowest BCUT2D eigenvalue weighted by Crippen LogP contribution is -2.38. The van der Waals surface area contributed by atoms with Crippen LogP contribution in [0.4, 0.5) is 0 Å². The first-order valence-corrected chi connectivity index (χ1v) is 8.25. The fourth-order valence-corrected chi connectivity index (χ4v) is 3.36. The van der Waals surface area contributed by atoms with Crippen LogP contribution in [0.5, 0.6) is 0 Å². The van der Waals surface area contributed by atoms with Crippen LogP contribution >= 0.6 is 11.8 Å². The molecule has 0 aliphatic carbocycles. The lowest BCUT2D eigenvalue weighted by Gasteiger charge is -2.31. The van der Waals surface area contributed by atoms with Crippen LogP contribution in [0, 0.1) is 0 Å². The zero-order chi connectivity index (χ0) is 11.9. The molecule has 0 spiro atoms. The number of likely N-dealkylation sites (tertiary alicyclic amines) is 1. The largest absolute Gasteiger partial charge is 0.377 e. The summed E-state index contributed by atoms with van der Waals surface area (Å²) in [7, 11) is 0. The molecule has 3 nitrogen and oxygen atoms in total. The third kappa shape index (κ3) is 4.78. The minimum atomic E-state index is 0.514. The summed E-state index contributed by atoms with van der Waals surface area (Å²) in [5.74, 6) is 0. The van der Waals surface area contributed by atoms with Crippen LogP contribution < -0.4 is 5.32 Å². The average Bonchev–Trinajstić information content (AvgIpc) is 2.41. The van der Waals surface area contributed by atoms with Crippen LogP contribution in [-0.2, 0) is 4.74 Å². The number of rotatable bonds is 5. The zero-order valence-electron chi connectivity index (χ0n) is 11.0. The summed E-state index contributed by atoms with van der Waals surface area (Å²) in [6.45, 7) is 6.84. The molecule has 0 aromatic heterocycles. The molecular formula is C13H26N2OS. The SMILES string of the molecule is CSC1CCN(CCOC2CCNCC2)CC1. The number of hydrogen-bond acceptors (Lipinski definition) is 4. The van der Waals surface area contributed by atoms with Crippen molar-refractivity contribution in [1.29, 1.82) is 0 Å². The van der Waals surface area contributed by atoms with Gasteiger partial charge in [-0.2, -0.15) is 11.8 Å². The molecule has 2 fully saturated rings. The van der Waals surface area contributed by atoms with Crippen molar-refractivity contribution in [1.82, 2.24) is 10.2 Å². The van der Waals surface area contributed by atoms with Gasteiger partial charge in [-0.3, -0.25) is 0 Å². The topological polar surface area (TPSA) is 24.5 Å². The van der Waals surface area contributed by atoms with E-state index in [2.05, 4.69) is 16.5 Å². The predicted octanol–water partition coefficient (Wildman–Crippen LogP) is 1.58. The van der Waals surface area contributed by atoms with E-state index in [4.69, 9.17) is 4.74 Å². The van der Waals surface area contributed by atoms with Gasteiger partial charge >= 0.3 is 0 Å². The van der Waals surface area contributed by atoms with E-state index in [9.17, 15) is 0 Å². The van der Waals surface area contributed by atoms with Crippen molar-refractivity contribution in [2.75, 3.05) is 45.6 Å². The van der Waals surface area contributed by atoms with E-state index in [1.165, 1.54) is 38.8 Å². The van der Waals surface area contributed by atoms with Gasteiger partial charge in [-0.25, -0.2) is 0 Å². The van der Waals surface area contributed by atoms with Gasteiger partial charge in [-0.15, -0.1) is 0 Å². The standard InChI is InChI=1S/C13H26N2OS/c1-17-13-4-8-15(9-5-13)10-11-16-12-2-6-14-7-3-12/h12-14H,2-11H2,1H3. The maximum absolute atomic E-state index is 5.95. The molecule has 2 rings (SSSR count). The van der Waals surface area contributed by atoms with E-state index in [-0.39, 0.29) is 0 Å². The van der Waals surface area contributed by atoms with Gasteiger partial charge in [0.2, 0.25) is 0 Å². The Labute approximate surface area is 110 Å². The number of ether oxygens (including phenoxy) is 1. The third-order valence-corrected chi connectivity index (χ3v) is 5.05. The van der Waals surface area contributed by atoms with Crippen molar-refractivity contribution >= 4 is 11.8 Å². The van der Waals surface area contributed by atoms with Gasteiger partial charge in [0.15, 0.2) is 0 Å². The minimum absolute atomic E-state index is 0.514. The van der Waals surface area contributed by atoms with E-state index < -0.39 is 0 Å². The summed E-state index contributed by atoms with van der Waals surface area (Å²) in [5.41, 5.74) is 0. The minimum Gasteiger partial charge on any atom is -0.377 e. The quantitative estimate of drug-likeness (QED) is 0.809. The molecule has 0 aromatic carbocycles. The number of nitrogens with one attached hydrogen (secondary N) is 1. The molecule has 2 saturated heterocycles. The molecule has 100 valence electrons. The maximum atomic E-state index is 5.95. The van der Waals surface area contributed by atoms with Crippen molar-refractivity contribution in [2.45, 2.75) is 37.0 Å². The van der Waals surface area contributed by atoms with Crippen molar-refractivity contribution in [3.63, 3.8) is 0 Å². The number of nitrogens with zero attached hydrogens (tertiary/aromatic N) is 1. The fraction of sp³-hybridized carbons (Fsp3) is 1.00. The maximum Gasteiger partial charge on any atom is 0.0600 e. The molecule has 4 heteroatoms. The highest BCUT2D eigenvalue weighted by Crippen LogP contribution is 2.20. The van der Waals surface area contributed by atoms with Crippen LogP contribution in [0.2, 0.25) is 0 Å². The first-order valence-electron chi connectivity index (χ1n) is 6.96. The molecule has 17 heavy (non-hydrogen) atoms.